The summed E-state index contributed by atoms with van der Waals surface area (Å²) in [5.74, 6) is 0. The van der Waals surface area contributed by atoms with Crippen molar-refractivity contribution in [1.29, 1.82) is 0 Å². The number of ether oxygens (including phenoxy) is 1. The third-order valence-corrected chi connectivity index (χ3v) is 13.2. The number of carbonyl (C=O) groups is 1. The monoisotopic (exact) mass is 532 g/mol. The molecule has 0 unspecified atom stereocenters. The number of likely N-dealkylation sites (tertiary alicyclic amines) is 1. The molecule has 0 saturated carbocycles. The van der Waals surface area contributed by atoms with Gasteiger partial charge in [0.05, 0.1) is 6.10 Å². The van der Waals surface area contributed by atoms with E-state index in [1.165, 1.54) is 0 Å². The number of benzene rings is 1. The van der Waals surface area contributed by atoms with E-state index in [0.29, 0.717) is 6.54 Å². The lowest BCUT2D eigenvalue weighted by Gasteiger charge is -2.46. The lowest BCUT2D eigenvalue weighted by Crippen LogP contribution is -2.53. The van der Waals surface area contributed by atoms with E-state index in [4.69, 9.17) is 9.16 Å². The first-order chi connectivity index (χ1) is 16.6. The molecule has 9 heteroatoms. The molecule has 7 nitrogen and oxygen atoms in total. The van der Waals surface area contributed by atoms with Crippen molar-refractivity contribution in [2.24, 2.45) is 5.41 Å². The molecule has 36 heavy (non-hydrogen) atoms. The molecule has 1 aliphatic heterocycles. The van der Waals surface area contributed by atoms with Gasteiger partial charge in [-0.2, -0.15) is 0 Å². The lowest BCUT2D eigenvalue weighted by molar-refractivity contribution is -0.0916. The standard InChI is InChI=1S/C27H44N4O3SSi/c1-19-29-30-23(35-19)20-12-11-13-21(16-20)27(25(2,3)4,33-24(32)28-8)18-31-15-14-22(17-31)34-36(9,10)26(5,6)7/h11-13,16,22H,14-15,17-18H2,1-10H3,(H,28,32)/t22-,27-/m0/s1. The molecule has 0 bridgehead atoms. The van der Waals surface area contributed by atoms with Crippen molar-refractivity contribution in [2.45, 2.75) is 84.7 Å². The van der Waals surface area contributed by atoms with Crippen LogP contribution in [0.2, 0.25) is 18.1 Å². The van der Waals surface area contributed by atoms with Crippen molar-refractivity contribution in [2.75, 3.05) is 26.7 Å². The zero-order chi connectivity index (χ0) is 26.9. The Morgan fingerprint density at radius 3 is 2.44 bits per heavy atom. The fourth-order valence-corrected chi connectivity index (χ4v) is 6.54. The molecule has 3 rings (SSSR count). The van der Waals surface area contributed by atoms with Gasteiger partial charge in [0.1, 0.15) is 10.0 Å². The van der Waals surface area contributed by atoms with E-state index in [1.807, 2.05) is 19.1 Å². The number of amides is 1. The molecule has 2 atom stereocenters. The zero-order valence-corrected chi connectivity index (χ0v) is 25.5. The summed E-state index contributed by atoms with van der Waals surface area (Å²) >= 11 is 1.56. The molecule has 0 aliphatic carbocycles. The summed E-state index contributed by atoms with van der Waals surface area (Å²) in [7, 11) is -0.261. The van der Waals surface area contributed by atoms with Crippen molar-refractivity contribution < 1.29 is 14.0 Å². The zero-order valence-electron chi connectivity index (χ0n) is 23.7. The van der Waals surface area contributed by atoms with E-state index in [1.54, 1.807) is 18.4 Å². The molecular weight excluding hydrogens is 488 g/mol. The van der Waals surface area contributed by atoms with Crippen LogP contribution in [-0.4, -0.2) is 62.3 Å². The van der Waals surface area contributed by atoms with Crippen LogP contribution < -0.4 is 5.32 Å². The fraction of sp³-hybridized carbons (Fsp3) is 0.667. The first-order valence-electron chi connectivity index (χ1n) is 12.8. The van der Waals surface area contributed by atoms with E-state index in [2.05, 4.69) is 87.2 Å². The van der Waals surface area contributed by atoms with E-state index >= 15 is 0 Å². The number of aryl methyl sites for hydroxylation is 1. The topological polar surface area (TPSA) is 76.6 Å². The SMILES string of the molecule is CNC(=O)O[C@@](CN1CC[C@H](O[Si](C)(C)C(C)(C)C)C1)(c1cccc(-c2nnc(C)s2)c1)C(C)(C)C. The smallest absolute Gasteiger partial charge is 0.407 e. The summed E-state index contributed by atoms with van der Waals surface area (Å²) in [6.45, 7) is 22.1. The molecule has 1 aliphatic rings. The summed E-state index contributed by atoms with van der Waals surface area (Å²) in [4.78, 5) is 15.1. The third kappa shape index (κ3) is 6.18. The number of nitrogens with one attached hydrogen (secondary N) is 1. The summed E-state index contributed by atoms with van der Waals surface area (Å²) < 4.78 is 13.1. The first kappa shape index (κ1) is 28.8. The van der Waals surface area contributed by atoms with Gasteiger partial charge in [0.15, 0.2) is 13.9 Å². The quantitative estimate of drug-likeness (QED) is 0.428. The number of carbonyl (C=O) groups excluding carboxylic acids is 1. The maximum Gasteiger partial charge on any atom is 0.407 e. The second-order valence-electron chi connectivity index (χ2n) is 12.4. The van der Waals surface area contributed by atoms with Crippen LogP contribution in [0.3, 0.4) is 0 Å². The summed E-state index contributed by atoms with van der Waals surface area (Å²) in [5.41, 5.74) is 0.674. The van der Waals surface area contributed by atoms with Crippen LogP contribution in [0.4, 0.5) is 4.79 Å². The average molecular weight is 533 g/mol. The Balaban J connectivity index is 1.96. The van der Waals surface area contributed by atoms with Crippen molar-refractivity contribution in [3.63, 3.8) is 0 Å². The number of rotatable bonds is 7. The highest BCUT2D eigenvalue weighted by Crippen LogP contribution is 2.46. The molecular formula is C27H44N4O3SSi. The van der Waals surface area contributed by atoms with Crippen LogP contribution in [0.15, 0.2) is 24.3 Å². The molecule has 1 fully saturated rings. The van der Waals surface area contributed by atoms with Gasteiger partial charge in [-0.05, 0) is 43.1 Å². The van der Waals surface area contributed by atoms with Crippen LogP contribution in [0, 0.1) is 12.3 Å². The van der Waals surface area contributed by atoms with E-state index in [0.717, 1.165) is 40.7 Å². The third-order valence-electron chi connectivity index (χ3n) is 7.73. The Hall–Kier alpha value is -1.81. The number of hydrogen-bond donors (Lipinski definition) is 1. The van der Waals surface area contributed by atoms with Crippen LogP contribution in [-0.2, 0) is 14.8 Å². The van der Waals surface area contributed by atoms with Crippen molar-refractivity contribution in [3.05, 3.63) is 34.8 Å². The van der Waals surface area contributed by atoms with Gasteiger partial charge in [0, 0.05) is 37.7 Å². The van der Waals surface area contributed by atoms with E-state index < -0.39 is 20.0 Å². The van der Waals surface area contributed by atoms with Gasteiger partial charge < -0.3 is 14.5 Å². The van der Waals surface area contributed by atoms with Gasteiger partial charge in [-0.25, -0.2) is 4.79 Å². The van der Waals surface area contributed by atoms with Gasteiger partial charge in [0.25, 0.3) is 0 Å². The molecule has 2 aromatic rings. The van der Waals surface area contributed by atoms with Gasteiger partial charge >= 0.3 is 6.09 Å². The van der Waals surface area contributed by atoms with Crippen LogP contribution in [0.5, 0.6) is 0 Å². The second kappa shape index (κ2) is 10.5. The summed E-state index contributed by atoms with van der Waals surface area (Å²) in [6, 6.07) is 8.22. The minimum atomic E-state index is -1.87. The molecule has 1 saturated heterocycles. The maximum atomic E-state index is 12.8. The van der Waals surface area contributed by atoms with E-state index in [-0.39, 0.29) is 16.6 Å². The molecule has 1 aromatic carbocycles. The van der Waals surface area contributed by atoms with Gasteiger partial charge in [-0.15, -0.1) is 10.2 Å². The highest BCUT2D eigenvalue weighted by Gasteiger charge is 2.50. The summed E-state index contributed by atoms with van der Waals surface area (Å²) in [6.07, 6.45) is 0.742. The largest absolute Gasteiger partial charge is 0.436 e. The lowest BCUT2D eigenvalue weighted by atomic mass is 9.71. The minimum absolute atomic E-state index is 0.168. The normalized spacial score (nSPS) is 19.2. The molecule has 0 radical (unpaired) electrons. The first-order valence-corrected chi connectivity index (χ1v) is 16.5. The average Bonchev–Trinajstić information content (AvgIpc) is 3.39. The Labute approximate surface area is 222 Å². The Morgan fingerprint density at radius 1 is 1.19 bits per heavy atom. The van der Waals surface area contributed by atoms with E-state index in [9.17, 15) is 4.79 Å². The van der Waals surface area contributed by atoms with Crippen LogP contribution >= 0.6 is 11.3 Å². The molecule has 1 amide bonds. The minimum Gasteiger partial charge on any atom is -0.436 e. The maximum absolute atomic E-state index is 12.8. The van der Waals surface area contributed by atoms with Gasteiger partial charge in [-0.3, -0.25) is 4.90 Å². The van der Waals surface area contributed by atoms with Crippen LogP contribution in [0.1, 0.15) is 58.5 Å². The fourth-order valence-electron chi connectivity index (χ4n) is 4.48. The molecule has 1 aromatic heterocycles. The second-order valence-corrected chi connectivity index (χ2v) is 18.4. The van der Waals surface area contributed by atoms with Crippen molar-refractivity contribution in [1.82, 2.24) is 20.4 Å². The number of nitrogens with zero attached hydrogens (tertiary/aromatic N) is 3. The highest BCUT2D eigenvalue weighted by molar-refractivity contribution is 7.14. The number of hydrogen-bond acceptors (Lipinski definition) is 7. The predicted octanol–water partition coefficient (Wildman–Crippen LogP) is 6.21. The molecule has 1 N–H and O–H groups in total. The van der Waals surface area contributed by atoms with Gasteiger partial charge in [-0.1, -0.05) is 71.1 Å². The molecule has 2 heterocycles. The van der Waals surface area contributed by atoms with Crippen molar-refractivity contribution >= 4 is 25.7 Å². The summed E-state index contributed by atoms with van der Waals surface area (Å²) in [5, 5.41) is 13.2. The Kier molecular flexibility index (Phi) is 8.40. The molecule has 0 spiro atoms. The predicted molar refractivity (Wildman–Crippen MR) is 150 cm³/mol. The molecule has 200 valence electrons. The Morgan fingerprint density at radius 2 is 1.89 bits per heavy atom. The van der Waals surface area contributed by atoms with Crippen molar-refractivity contribution in [3.8, 4) is 10.6 Å². The van der Waals surface area contributed by atoms with Gasteiger partial charge in [0.2, 0.25) is 0 Å². The number of aromatic nitrogens is 2. The number of alkyl carbamates (subject to hydrolysis) is 1. The Bertz CT molecular complexity index is 1060. The van der Waals surface area contributed by atoms with Crippen LogP contribution in [0.25, 0.3) is 10.6 Å². The highest BCUT2D eigenvalue weighted by atomic mass is 32.1.